The quantitative estimate of drug-likeness (QED) is 0.504. The summed E-state index contributed by atoms with van der Waals surface area (Å²) in [4.78, 5) is 0. The van der Waals surface area contributed by atoms with Gasteiger partial charge in [0.25, 0.3) is 0 Å². The highest BCUT2D eigenvalue weighted by Gasteiger charge is 2.50. The maximum absolute atomic E-state index is 13.5. The third-order valence-corrected chi connectivity index (χ3v) is 3.83. The molecule has 1 saturated carbocycles. The maximum Gasteiger partial charge on any atom is 0.419 e. The fourth-order valence-electron chi connectivity index (χ4n) is 2.48. The molecule has 2 rings (SSSR count). The molecule has 106 valence electrons. The van der Waals surface area contributed by atoms with Gasteiger partial charge >= 0.3 is 6.18 Å². The van der Waals surface area contributed by atoms with Crippen LogP contribution in [-0.4, -0.2) is 0 Å². The second kappa shape index (κ2) is 4.45. The third kappa shape index (κ3) is 2.74. The van der Waals surface area contributed by atoms with E-state index in [4.69, 9.17) is 5.84 Å². The lowest BCUT2D eigenvalue weighted by Gasteiger charge is -2.19. The molecule has 1 fully saturated rings. The summed E-state index contributed by atoms with van der Waals surface area (Å²) in [5.74, 6) is 4.39. The monoisotopic (exact) mass is 276 g/mol. The minimum absolute atomic E-state index is 0.0796. The topological polar surface area (TPSA) is 38.0 Å². The summed E-state index contributed by atoms with van der Waals surface area (Å²) in [6.45, 7) is 4.09. The van der Waals surface area contributed by atoms with Crippen molar-refractivity contribution in [2.45, 2.75) is 32.5 Å². The smallest absolute Gasteiger partial charge is 0.271 e. The predicted molar refractivity (Wildman–Crippen MR) is 63.4 cm³/mol. The minimum atomic E-state index is -4.67. The van der Waals surface area contributed by atoms with Crippen LogP contribution in [0.3, 0.4) is 0 Å². The van der Waals surface area contributed by atoms with Gasteiger partial charge in [0.2, 0.25) is 0 Å². The predicted octanol–water partition coefficient (Wildman–Crippen LogP) is 3.40. The molecule has 0 heterocycles. The normalized spacial score (nSPS) is 23.2. The van der Waals surface area contributed by atoms with E-state index in [1.807, 2.05) is 13.8 Å². The van der Waals surface area contributed by atoms with Gasteiger partial charge < -0.3 is 0 Å². The average molecular weight is 276 g/mol. The largest absolute Gasteiger partial charge is 0.419 e. The van der Waals surface area contributed by atoms with Crippen LogP contribution in [0.2, 0.25) is 0 Å². The molecular weight excluding hydrogens is 260 g/mol. The van der Waals surface area contributed by atoms with E-state index in [1.54, 1.807) is 0 Å². The van der Waals surface area contributed by atoms with Gasteiger partial charge in [0.05, 0.1) is 5.56 Å². The first-order valence-electron chi connectivity index (χ1n) is 5.99. The van der Waals surface area contributed by atoms with Crippen molar-refractivity contribution in [2.75, 3.05) is 0 Å². The molecule has 3 N–H and O–H groups in total. The zero-order valence-electron chi connectivity index (χ0n) is 10.7. The summed E-state index contributed by atoms with van der Waals surface area (Å²) < 4.78 is 51.0. The number of alkyl halides is 3. The Morgan fingerprint density at radius 3 is 2.32 bits per heavy atom. The Morgan fingerprint density at radius 2 is 1.95 bits per heavy atom. The lowest BCUT2D eigenvalue weighted by Crippen LogP contribution is -2.30. The van der Waals surface area contributed by atoms with Crippen molar-refractivity contribution < 1.29 is 17.6 Å². The van der Waals surface area contributed by atoms with Gasteiger partial charge in [-0.1, -0.05) is 19.9 Å². The summed E-state index contributed by atoms with van der Waals surface area (Å²) in [5.41, 5.74) is 1.85. The third-order valence-electron chi connectivity index (χ3n) is 3.83. The fourth-order valence-corrected chi connectivity index (χ4v) is 2.48. The van der Waals surface area contributed by atoms with Gasteiger partial charge in [0, 0.05) is 6.04 Å². The number of hydrogen-bond donors (Lipinski definition) is 2. The van der Waals surface area contributed by atoms with Gasteiger partial charge in [-0.25, -0.2) is 4.39 Å². The molecule has 2 atom stereocenters. The minimum Gasteiger partial charge on any atom is -0.271 e. The van der Waals surface area contributed by atoms with Crippen molar-refractivity contribution in [1.82, 2.24) is 5.43 Å². The summed E-state index contributed by atoms with van der Waals surface area (Å²) in [7, 11) is 0. The summed E-state index contributed by atoms with van der Waals surface area (Å²) in [6.07, 6.45) is -3.77. The van der Waals surface area contributed by atoms with Crippen LogP contribution in [0.4, 0.5) is 17.6 Å². The van der Waals surface area contributed by atoms with E-state index in [2.05, 4.69) is 5.43 Å². The maximum atomic E-state index is 13.5. The molecular formula is C13H16F4N2. The molecule has 1 aromatic rings. The zero-order chi connectivity index (χ0) is 14.4. The number of nitrogens with two attached hydrogens (primary N) is 1. The number of benzene rings is 1. The lowest BCUT2D eigenvalue weighted by atomic mass is 9.96. The summed E-state index contributed by atoms with van der Waals surface area (Å²) in [5, 5.41) is 0. The molecule has 0 bridgehead atoms. The molecule has 1 aliphatic rings. The van der Waals surface area contributed by atoms with Crippen molar-refractivity contribution in [3.63, 3.8) is 0 Å². The Hall–Kier alpha value is -1.14. The van der Waals surface area contributed by atoms with Crippen LogP contribution in [0, 0.1) is 17.2 Å². The van der Waals surface area contributed by atoms with Gasteiger partial charge in [-0.3, -0.25) is 11.3 Å². The Balaban J connectivity index is 2.29. The SMILES string of the molecule is CC1(C)CC1C(NN)c1ccc(C(F)(F)F)c(F)c1. The highest BCUT2D eigenvalue weighted by atomic mass is 19.4. The van der Waals surface area contributed by atoms with E-state index in [0.29, 0.717) is 5.56 Å². The van der Waals surface area contributed by atoms with Gasteiger partial charge in [-0.15, -0.1) is 0 Å². The van der Waals surface area contributed by atoms with Gasteiger partial charge in [0.1, 0.15) is 5.82 Å². The van der Waals surface area contributed by atoms with Gasteiger partial charge in [-0.2, -0.15) is 13.2 Å². The molecule has 0 amide bonds. The van der Waals surface area contributed by atoms with Crippen LogP contribution in [-0.2, 0) is 6.18 Å². The first kappa shape index (κ1) is 14.3. The van der Waals surface area contributed by atoms with Crippen LogP contribution < -0.4 is 11.3 Å². The molecule has 1 aliphatic carbocycles. The molecule has 2 unspecified atom stereocenters. The van der Waals surface area contributed by atoms with Crippen molar-refractivity contribution in [3.8, 4) is 0 Å². The standard InChI is InChI=1S/C13H16F4N2/c1-12(2)6-9(12)11(19-18)7-3-4-8(10(14)5-7)13(15,16)17/h3-5,9,11,19H,6,18H2,1-2H3. The molecule has 19 heavy (non-hydrogen) atoms. The van der Waals surface area contributed by atoms with E-state index in [1.165, 1.54) is 6.07 Å². The van der Waals surface area contributed by atoms with E-state index in [9.17, 15) is 17.6 Å². The van der Waals surface area contributed by atoms with Gasteiger partial charge in [-0.05, 0) is 35.4 Å². The van der Waals surface area contributed by atoms with E-state index < -0.39 is 17.6 Å². The summed E-state index contributed by atoms with van der Waals surface area (Å²) >= 11 is 0. The van der Waals surface area contributed by atoms with Crippen LogP contribution in [0.5, 0.6) is 0 Å². The van der Waals surface area contributed by atoms with E-state index in [-0.39, 0.29) is 17.4 Å². The Morgan fingerprint density at radius 1 is 1.37 bits per heavy atom. The van der Waals surface area contributed by atoms with Crippen LogP contribution in [0.15, 0.2) is 18.2 Å². The van der Waals surface area contributed by atoms with E-state index in [0.717, 1.165) is 18.6 Å². The molecule has 2 nitrogen and oxygen atoms in total. The number of hydrogen-bond acceptors (Lipinski definition) is 2. The highest BCUT2D eigenvalue weighted by Crippen LogP contribution is 2.57. The highest BCUT2D eigenvalue weighted by molar-refractivity contribution is 5.30. The Bertz CT molecular complexity index is 482. The fraction of sp³-hybridized carbons (Fsp3) is 0.538. The Labute approximate surface area is 109 Å². The molecule has 0 spiro atoms. The first-order valence-corrected chi connectivity index (χ1v) is 5.99. The Kier molecular flexibility index (Phi) is 3.35. The lowest BCUT2D eigenvalue weighted by molar-refractivity contribution is -0.140. The van der Waals surface area contributed by atoms with Gasteiger partial charge in [0.15, 0.2) is 0 Å². The van der Waals surface area contributed by atoms with Crippen LogP contribution >= 0.6 is 0 Å². The zero-order valence-corrected chi connectivity index (χ0v) is 10.7. The summed E-state index contributed by atoms with van der Waals surface area (Å²) in [6, 6.07) is 2.64. The van der Waals surface area contributed by atoms with E-state index >= 15 is 0 Å². The van der Waals surface area contributed by atoms with Crippen molar-refractivity contribution in [2.24, 2.45) is 17.2 Å². The second-order valence-corrected chi connectivity index (χ2v) is 5.68. The average Bonchev–Trinajstić information content (AvgIpc) is 2.86. The first-order chi connectivity index (χ1) is 8.66. The van der Waals surface area contributed by atoms with Crippen molar-refractivity contribution >= 4 is 0 Å². The number of halogens is 4. The van der Waals surface area contributed by atoms with Crippen molar-refractivity contribution in [3.05, 3.63) is 35.1 Å². The van der Waals surface area contributed by atoms with Crippen LogP contribution in [0.25, 0.3) is 0 Å². The van der Waals surface area contributed by atoms with Crippen molar-refractivity contribution in [1.29, 1.82) is 0 Å². The number of nitrogens with one attached hydrogen (secondary N) is 1. The number of rotatable bonds is 3. The van der Waals surface area contributed by atoms with Crippen LogP contribution in [0.1, 0.15) is 37.4 Å². The second-order valence-electron chi connectivity index (χ2n) is 5.68. The molecule has 0 aliphatic heterocycles. The molecule has 6 heteroatoms. The number of hydrazine groups is 1. The molecule has 0 aromatic heterocycles. The molecule has 0 radical (unpaired) electrons. The molecule has 1 aromatic carbocycles. The molecule has 0 saturated heterocycles.